The second kappa shape index (κ2) is 5.59. The predicted octanol–water partition coefficient (Wildman–Crippen LogP) is 3.35. The summed E-state index contributed by atoms with van der Waals surface area (Å²) < 4.78 is 19.7. The Balaban J connectivity index is 1.73. The predicted molar refractivity (Wildman–Crippen MR) is 73.6 cm³/mol. The van der Waals surface area contributed by atoms with E-state index >= 15 is 0 Å². The number of rotatable bonds is 1. The maximum absolute atomic E-state index is 13.7. The van der Waals surface area contributed by atoms with Gasteiger partial charge in [0.2, 0.25) is 0 Å². The van der Waals surface area contributed by atoms with Gasteiger partial charge in [-0.2, -0.15) is 0 Å². The minimum absolute atomic E-state index is 0.0132. The first-order chi connectivity index (χ1) is 9.24. The number of fused-ring (bicyclic) bond motifs is 1. The fourth-order valence-corrected chi connectivity index (χ4v) is 3.26. The lowest BCUT2D eigenvalue weighted by molar-refractivity contribution is 0.0399. The standard InChI is InChI=1S/C16H22FNO/c1-11-6-7-12(8-14(11)17)16-9-18-15-5-3-2-4-13(15)10-19-16/h6-8,13,15-16,18H,2-5,9-10H2,1H3. The highest BCUT2D eigenvalue weighted by Crippen LogP contribution is 2.30. The van der Waals surface area contributed by atoms with Crippen LogP contribution in [0.1, 0.15) is 42.9 Å². The van der Waals surface area contributed by atoms with Crippen molar-refractivity contribution in [2.45, 2.75) is 44.8 Å². The number of hydrogen-bond acceptors (Lipinski definition) is 2. The molecule has 0 radical (unpaired) electrons. The van der Waals surface area contributed by atoms with Crippen molar-refractivity contribution in [3.05, 3.63) is 35.1 Å². The van der Waals surface area contributed by atoms with Crippen molar-refractivity contribution >= 4 is 0 Å². The number of aryl methyl sites for hydroxylation is 1. The highest BCUT2D eigenvalue weighted by Gasteiger charge is 2.30. The van der Waals surface area contributed by atoms with E-state index in [-0.39, 0.29) is 11.9 Å². The molecule has 2 fully saturated rings. The third-order valence-electron chi connectivity index (χ3n) is 4.55. The maximum Gasteiger partial charge on any atom is 0.126 e. The Morgan fingerprint density at radius 1 is 1.26 bits per heavy atom. The molecule has 3 heteroatoms. The summed E-state index contributed by atoms with van der Waals surface area (Å²) in [5, 5.41) is 3.62. The van der Waals surface area contributed by atoms with Crippen LogP contribution in [-0.2, 0) is 4.74 Å². The molecular weight excluding hydrogens is 241 g/mol. The molecule has 0 bridgehead atoms. The van der Waals surface area contributed by atoms with E-state index in [0.29, 0.717) is 17.5 Å². The normalized spacial score (nSPS) is 31.6. The van der Waals surface area contributed by atoms with Gasteiger partial charge in [-0.3, -0.25) is 0 Å². The van der Waals surface area contributed by atoms with Gasteiger partial charge in [0, 0.05) is 12.6 Å². The van der Waals surface area contributed by atoms with Crippen molar-refractivity contribution in [2.24, 2.45) is 5.92 Å². The Hall–Kier alpha value is -0.930. The molecule has 0 amide bonds. The van der Waals surface area contributed by atoms with Crippen molar-refractivity contribution in [2.75, 3.05) is 13.2 Å². The molecule has 0 spiro atoms. The molecule has 19 heavy (non-hydrogen) atoms. The first-order valence-electron chi connectivity index (χ1n) is 7.35. The Morgan fingerprint density at radius 3 is 2.95 bits per heavy atom. The van der Waals surface area contributed by atoms with Gasteiger partial charge in [-0.15, -0.1) is 0 Å². The minimum Gasteiger partial charge on any atom is -0.372 e. The molecule has 0 aromatic heterocycles. The molecule has 1 aliphatic carbocycles. The van der Waals surface area contributed by atoms with Crippen LogP contribution < -0.4 is 5.32 Å². The topological polar surface area (TPSA) is 21.3 Å². The van der Waals surface area contributed by atoms with Gasteiger partial charge in [0.05, 0.1) is 12.7 Å². The SMILES string of the molecule is Cc1ccc(C2CNC3CCCCC3CO2)cc1F. The van der Waals surface area contributed by atoms with E-state index in [4.69, 9.17) is 4.74 Å². The van der Waals surface area contributed by atoms with Crippen molar-refractivity contribution in [1.29, 1.82) is 0 Å². The van der Waals surface area contributed by atoms with Crippen molar-refractivity contribution in [3.8, 4) is 0 Å². The van der Waals surface area contributed by atoms with Crippen LogP contribution in [0.3, 0.4) is 0 Å². The van der Waals surface area contributed by atoms with Crippen molar-refractivity contribution < 1.29 is 9.13 Å². The zero-order chi connectivity index (χ0) is 13.2. The van der Waals surface area contributed by atoms with Gasteiger partial charge in [0.1, 0.15) is 5.82 Å². The van der Waals surface area contributed by atoms with Crippen LogP contribution >= 0.6 is 0 Å². The van der Waals surface area contributed by atoms with Crippen molar-refractivity contribution in [3.63, 3.8) is 0 Å². The number of benzene rings is 1. The lowest BCUT2D eigenvalue weighted by Crippen LogP contribution is -2.38. The fraction of sp³-hybridized carbons (Fsp3) is 0.625. The van der Waals surface area contributed by atoms with Gasteiger partial charge in [-0.25, -0.2) is 4.39 Å². The van der Waals surface area contributed by atoms with Crippen molar-refractivity contribution in [1.82, 2.24) is 5.32 Å². The first-order valence-corrected chi connectivity index (χ1v) is 7.35. The zero-order valence-corrected chi connectivity index (χ0v) is 11.5. The van der Waals surface area contributed by atoms with Gasteiger partial charge in [-0.05, 0) is 42.9 Å². The summed E-state index contributed by atoms with van der Waals surface area (Å²) in [6, 6.07) is 6.04. The summed E-state index contributed by atoms with van der Waals surface area (Å²) >= 11 is 0. The number of halogens is 1. The molecule has 3 rings (SSSR count). The molecule has 1 saturated carbocycles. The van der Waals surface area contributed by atoms with Crippen LogP contribution in [0.4, 0.5) is 4.39 Å². The van der Waals surface area contributed by atoms with E-state index in [9.17, 15) is 4.39 Å². The highest BCUT2D eigenvalue weighted by atomic mass is 19.1. The number of hydrogen-bond donors (Lipinski definition) is 1. The lowest BCUT2D eigenvalue weighted by Gasteiger charge is -2.29. The summed E-state index contributed by atoms with van der Waals surface area (Å²) in [6.07, 6.45) is 5.13. The molecule has 1 aromatic rings. The molecule has 1 heterocycles. The van der Waals surface area contributed by atoms with Gasteiger partial charge < -0.3 is 10.1 Å². The average Bonchev–Trinajstić information content (AvgIpc) is 2.64. The van der Waals surface area contributed by atoms with E-state index in [1.165, 1.54) is 25.7 Å². The zero-order valence-electron chi connectivity index (χ0n) is 11.5. The van der Waals surface area contributed by atoms with E-state index < -0.39 is 0 Å². The second-order valence-electron chi connectivity index (χ2n) is 5.89. The second-order valence-corrected chi connectivity index (χ2v) is 5.89. The molecule has 1 N–H and O–H groups in total. The van der Waals surface area contributed by atoms with Gasteiger partial charge >= 0.3 is 0 Å². The lowest BCUT2D eigenvalue weighted by atomic mass is 9.85. The van der Waals surface area contributed by atoms with Crippen LogP contribution in [0.5, 0.6) is 0 Å². The van der Waals surface area contributed by atoms with Gasteiger partial charge in [-0.1, -0.05) is 25.0 Å². The quantitative estimate of drug-likeness (QED) is 0.839. The summed E-state index contributed by atoms with van der Waals surface area (Å²) in [5.74, 6) is 0.497. The minimum atomic E-state index is -0.136. The van der Waals surface area contributed by atoms with E-state index in [1.807, 2.05) is 12.1 Å². The molecule has 104 valence electrons. The van der Waals surface area contributed by atoms with E-state index in [0.717, 1.165) is 18.7 Å². The molecule has 1 aliphatic heterocycles. The smallest absolute Gasteiger partial charge is 0.126 e. The molecule has 3 unspecified atom stereocenters. The molecule has 1 aromatic carbocycles. The van der Waals surface area contributed by atoms with Crippen LogP contribution in [-0.4, -0.2) is 19.2 Å². The molecular formula is C16H22FNO. The summed E-state index contributed by atoms with van der Waals surface area (Å²) in [4.78, 5) is 0. The molecule has 2 aliphatic rings. The first kappa shape index (κ1) is 13.1. The summed E-state index contributed by atoms with van der Waals surface area (Å²) in [5.41, 5.74) is 1.65. The van der Waals surface area contributed by atoms with Crippen LogP contribution in [0, 0.1) is 18.7 Å². The highest BCUT2D eigenvalue weighted by molar-refractivity contribution is 5.25. The Morgan fingerprint density at radius 2 is 2.11 bits per heavy atom. The number of nitrogens with one attached hydrogen (secondary N) is 1. The third-order valence-corrected chi connectivity index (χ3v) is 4.55. The summed E-state index contributed by atoms with van der Waals surface area (Å²) in [7, 11) is 0. The Bertz CT molecular complexity index is 432. The van der Waals surface area contributed by atoms with E-state index in [1.54, 1.807) is 13.0 Å². The monoisotopic (exact) mass is 263 g/mol. The summed E-state index contributed by atoms with van der Waals surface area (Å²) in [6.45, 7) is 3.39. The number of ether oxygens (including phenoxy) is 1. The van der Waals surface area contributed by atoms with Gasteiger partial charge in [0.25, 0.3) is 0 Å². The average molecular weight is 263 g/mol. The fourth-order valence-electron chi connectivity index (χ4n) is 3.26. The largest absolute Gasteiger partial charge is 0.372 e. The van der Waals surface area contributed by atoms with E-state index in [2.05, 4.69) is 5.32 Å². The van der Waals surface area contributed by atoms with Crippen LogP contribution in [0.2, 0.25) is 0 Å². The molecule has 2 nitrogen and oxygen atoms in total. The molecule has 1 saturated heterocycles. The van der Waals surface area contributed by atoms with Crippen LogP contribution in [0.25, 0.3) is 0 Å². The Kier molecular flexibility index (Phi) is 3.85. The molecule has 3 atom stereocenters. The Labute approximate surface area is 114 Å². The van der Waals surface area contributed by atoms with Gasteiger partial charge in [0.15, 0.2) is 0 Å². The van der Waals surface area contributed by atoms with Crippen LogP contribution in [0.15, 0.2) is 18.2 Å². The maximum atomic E-state index is 13.7. The third kappa shape index (κ3) is 2.82.